The minimum Gasteiger partial charge on any atom is -0.457 e. The topological polar surface area (TPSA) is 43.4 Å². The second-order valence-corrected chi connectivity index (χ2v) is 6.59. The molecule has 2 aliphatic rings. The van der Waals surface area contributed by atoms with Crippen molar-refractivity contribution in [1.82, 2.24) is 0 Å². The molecule has 1 aromatic rings. The maximum atomic E-state index is 11.9. The third-order valence-corrected chi connectivity index (χ3v) is 5.05. The Morgan fingerprint density at radius 2 is 1.90 bits per heavy atom. The number of aryl methyl sites for hydroxylation is 1. The Kier molecular flexibility index (Phi) is 4.09. The fraction of sp³-hybridized carbons (Fsp3) is 0.556. The summed E-state index contributed by atoms with van der Waals surface area (Å²) >= 11 is 0. The van der Waals surface area contributed by atoms with Crippen molar-refractivity contribution in [3.8, 4) is 0 Å². The highest BCUT2D eigenvalue weighted by molar-refractivity contribution is 5.97. The van der Waals surface area contributed by atoms with E-state index in [0.29, 0.717) is 17.9 Å². The summed E-state index contributed by atoms with van der Waals surface area (Å²) in [5.74, 6) is 1.70. The summed E-state index contributed by atoms with van der Waals surface area (Å²) in [6.07, 6.45) is 5.56. The van der Waals surface area contributed by atoms with Crippen LogP contribution in [0.3, 0.4) is 0 Å². The van der Waals surface area contributed by atoms with E-state index in [1.807, 2.05) is 19.1 Å². The van der Waals surface area contributed by atoms with Crippen molar-refractivity contribution >= 4 is 11.8 Å². The van der Waals surface area contributed by atoms with Crippen LogP contribution < -0.4 is 0 Å². The van der Waals surface area contributed by atoms with Gasteiger partial charge in [-0.25, -0.2) is 0 Å². The molecule has 0 aromatic heterocycles. The lowest BCUT2D eigenvalue weighted by Gasteiger charge is -2.20. The van der Waals surface area contributed by atoms with Gasteiger partial charge in [0.1, 0.15) is 0 Å². The number of ketones is 1. The first-order chi connectivity index (χ1) is 10.1. The van der Waals surface area contributed by atoms with Crippen LogP contribution in [0.5, 0.6) is 0 Å². The van der Waals surface area contributed by atoms with Gasteiger partial charge in [0, 0.05) is 12.0 Å². The summed E-state index contributed by atoms with van der Waals surface area (Å²) in [5.41, 5.74) is 1.72. The van der Waals surface area contributed by atoms with Crippen LogP contribution in [0.2, 0.25) is 0 Å². The van der Waals surface area contributed by atoms with Gasteiger partial charge in [0.15, 0.2) is 12.4 Å². The number of benzene rings is 1. The molecule has 2 aliphatic carbocycles. The molecule has 1 aromatic carbocycles. The summed E-state index contributed by atoms with van der Waals surface area (Å²) in [4.78, 5) is 23.8. The molecular weight excluding hydrogens is 264 g/mol. The largest absolute Gasteiger partial charge is 0.457 e. The van der Waals surface area contributed by atoms with E-state index in [0.717, 1.165) is 17.4 Å². The number of Topliss-reactive ketones (excluding diaryl/α,β-unsaturated/α-hetero) is 1. The minimum absolute atomic E-state index is 0.128. The first kappa shape index (κ1) is 14.3. The third-order valence-electron chi connectivity index (χ3n) is 5.05. The van der Waals surface area contributed by atoms with Crippen LogP contribution in [0.1, 0.15) is 48.0 Å². The molecule has 0 amide bonds. The second kappa shape index (κ2) is 6.00. The lowest BCUT2D eigenvalue weighted by atomic mass is 9.86. The van der Waals surface area contributed by atoms with Crippen molar-refractivity contribution in [3.63, 3.8) is 0 Å². The third kappa shape index (κ3) is 3.34. The van der Waals surface area contributed by atoms with Gasteiger partial charge in [0.2, 0.25) is 0 Å². The molecule has 2 saturated carbocycles. The number of esters is 1. The zero-order valence-corrected chi connectivity index (χ0v) is 12.5. The van der Waals surface area contributed by atoms with Gasteiger partial charge in [-0.15, -0.1) is 0 Å². The standard InChI is InChI=1S/C18H22O3/c1-12-2-5-14(6-3-12)17(19)11-21-18(20)10-16-9-13-4-7-15(16)8-13/h2-3,5-6,13,15-16H,4,7-11H2,1H3/t13-,15-,16+/m0/s1. The average molecular weight is 286 g/mol. The summed E-state index contributed by atoms with van der Waals surface area (Å²) in [6.45, 7) is 1.84. The lowest BCUT2D eigenvalue weighted by Crippen LogP contribution is -2.19. The Morgan fingerprint density at radius 1 is 1.14 bits per heavy atom. The van der Waals surface area contributed by atoms with E-state index in [1.54, 1.807) is 12.1 Å². The van der Waals surface area contributed by atoms with Gasteiger partial charge >= 0.3 is 5.97 Å². The van der Waals surface area contributed by atoms with Crippen molar-refractivity contribution in [2.75, 3.05) is 6.61 Å². The number of hydrogen-bond donors (Lipinski definition) is 0. The first-order valence-electron chi connectivity index (χ1n) is 7.87. The minimum atomic E-state index is -0.215. The van der Waals surface area contributed by atoms with E-state index in [9.17, 15) is 9.59 Å². The summed E-state index contributed by atoms with van der Waals surface area (Å²) in [5, 5.41) is 0. The molecule has 0 N–H and O–H groups in total. The Balaban J connectivity index is 1.45. The average Bonchev–Trinajstić information content (AvgIpc) is 3.08. The molecule has 0 radical (unpaired) electrons. The first-order valence-corrected chi connectivity index (χ1v) is 7.87. The van der Waals surface area contributed by atoms with Crippen molar-refractivity contribution < 1.29 is 14.3 Å². The summed E-state index contributed by atoms with van der Waals surface area (Å²) in [6, 6.07) is 7.34. The van der Waals surface area contributed by atoms with E-state index < -0.39 is 0 Å². The predicted molar refractivity (Wildman–Crippen MR) is 80.0 cm³/mol. The quantitative estimate of drug-likeness (QED) is 0.614. The molecule has 2 bridgehead atoms. The Bertz CT molecular complexity index is 532. The molecule has 2 fully saturated rings. The zero-order chi connectivity index (χ0) is 14.8. The number of fused-ring (bicyclic) bond motifs is 2. The maximum absolute atomic E-state index is 11.9. The van der Waals surface area contributed by atoms with Crippen LogP contribution in [0.4, 0.5) is 0 Å². The molecule has 112 valence electrons. The zero-order valence-electron chi connectivity index (χ0n) is 12.5. The van der Waals surface area contributed by atoms with Crippen LogP contribution >= 0.6 is 0 Å². The second-order valence-electron chi connectivity index (χ2n) is 6.59. The highest BCUT2D eigenvalue weighted by atomic mass is 16.5. The van der Waals surface area contributed by atoms with Crippen molar-refractivity contribution in [1.29, 1.82) is 0 Å². The van der Waals surface area contributed by atoms with Crippen LogP contribution in [0, 0.1) is 24.7 Å². The molecule has 0 aliphatic heterocycles. The molecular formula is C18H22O3. The van der Waals surface area contributed by atoms with E-state index in [-0.39, 0.29) is 18.4 Å². The molecule has 0 heterocycles. The molecule has 3 atom stereocenters. The fourth-order valence-corrected chi connectivity index (χ4v) is 3.87. The molecule has 3 nitrogen and oxygen atoms in total. The Labute approximate surface area is 125 Å². The molecule has 3 heteroatoms. The monoisotopic (exact) mass is 286 g/mol. The number of rotatable bonds is 5. The van der Waals surface area contributed by atoms with Gasteiger partial charge in [-0.2, -0.15) is 0 Å². The highest BCUT2D eigenvalue weighted by Gasteiger charge is 2.40. The van der Waals surface area contributed by atoms with Crippen molar-refractivity contribution in [3.05, 3.63) is 35.4 Å². The maximum Gasteiger partial charge on any atom is 0.306 e. The fourth-order valence-electron chi connectivity index (χ4n) is 3.87. The molecule has 0 unspecified atom stereocenters. The van der Waals surface area contributed by atoms with Crippen molar-refractivity contribution in [2.45, 2.75) is 39.0 Å². The SMILES string of the molecule is Cc1ccc(C(=O)COC(=O)C[C@H]2C[C@H]3CC[C@H]2C3)cc1. The molecule has 3 rings (SSSR count). The van der Waals surface area contributed by atoms with Gasteiger partial charge in [0.05, 0.1) is 0 Å². The molecule has 21 heavy (non-hydrogen) atoms. The lowest BCUT2D eigenvalue weighted by molar-refractivity contribution is -0.144. The normalized spacial score (nSPS) is 26.8. The van der Waals surface area contributed by atoms with Gasteiger partial charge in [-0.05, 0) is 43.9 Å². The van der Waals surface area contributed by atoms with Gasteiger partial charge in [-0.1, -0.05) is 36.2 Å². The number of carbonyl (C=O) groups excluding carboxylic acids is 2. The van der Waals surface area contributed by atoms with E-state index in [2.05, 4.69) is 0 Å². The number of hydrogen-bond acceptors (Lipinski definition) is 3. The van der Waals surface area contributed by atoms with Crippen LogP contribution in [0.25, 0.3) is 0 Å². The van der Waals surface area contributed by atoms with Crippen molar-refractivity contribution in [2.24, 2.45) is 17.8 Å². The summed E-state index contributed by atoms with van der Waals surface area (Å²) < 4.78 is 5.17. The predicted octanol–water partition coefficient (Wildman–Crippen LogP) is 3.55. The highest BCUT2D eigenvalue weighted by Crippen LogP contribution is 2.49. The van der Waals surface area contributed by atoms with Gasteiger partial charge in [-0.3, -0.25) is 9.59 Å². The molecule has 0 saturated heterocycles. The molecule has 0 spiro atoms. The Morgan fingerprint density at radius 3 is 2.52 bits per heavy atom. The smallest absolute Gasteiger partial charge is 0.306 e. The van der Waals surface area contributed by atoms with E-state index in [1.165, 1.54) is 25.7 Å². The number of carbonyl (C=O) groups is 2. The van der Waals surface area contributed by atoms with Gasteiger partial charge < -0.3 is 4.74 Å². The van der Waals surface area contributed by atoms with Crippen LogP contribution in [0.15, 0.2) is 24.3 Å². The summed E-state index contributed by atoms with van der Waals surface area (Å²) in [7, 11) is 0. The Hall–Kier alpha value is -1.64. The van der Waals surface area contributed by atoms with Crippen LogP contribution in [-0.4, -0.2) is 18.4 Å². The van der Waals surface area contributed by atoms with Gasteiger partial charge in [0.25, 0.3) is 0 Å². The van der Waals surface area contributed by atoms with Crippen LogP contribution in [-0.2, 0) is 9.53 Å². The number of ether oxygens (including phenoxy) is 1. The van der Waals surface area contributed by atoms with E-state index >= 15 is 0 Å². The van der Waals surface area contributed by atoms with E-state index in [4.69, 9.17) is 4.74 Å².